The van der Waals surface area contributed by atoms with Gasteiger partial charge in [0, 0.05) is 17.3 Å². The van der Waals surface area contributed by atoms with E-state index >= 15 is 0 Å². The topological polar surface area (TPSA) is 121 Å². The Morgan fingerprint density at radius 1 is 1.19 bits per heavy atom. The van der Waals surface area contributed by atoms with Crippen molar-refractivity contribution in [3.63, 3.8) is 0 Å². The lowest BCUT2D eigenvalue weighted by Gasteiger charge is -2.17. The molecule has 218 valence electrons. The van der Waals surface area contributed by atoms with E-state index in [2.05, 4.69) is 14.8 Å². The van der Waals surface area contributed by atoms with Crippen LogP contribution in [0.2, 0.25) is 0 Å². The van der Waals surface area contributed by atoms with Gasteiger partial charge in [-0.05, 0) is 72.5 Å². The average molecular weight is 592 g/mol. The van der Waals surface area contributed by atoms with Gasteiger partial charge in [0.05, 0.1) is 46.9 Å². The monoisotopic (exact) mass is 591 g/mol. The molecular formula is C31H31F2N5O3S. The lowest BCUT2D eigenvalue weighted by molar-refractivity contribution is 0.103. The van der Waals surface area contributed by atoms with E-state index in [-0.39, 0.29) is 41.0 Å². The van der Waals surface area contributed by atoms with E-state index < -0.39 is 23.9 Å². The van der Waals surface area contributed by atoms with Gasteiger partial charge in [0.25, 0.3) is 0 Å². The molecule has 5 rings (SSSR count). The number of anilines is 2. The number of aromatic amines is 1. The summed E-state index contributed by atoms with van der Waals surface area (Å²) in [4.78, 5) is 16.7. The molecule has 2 heterocycles. The molecule has 2 aromatic heterocycles. The first-order valence-corrected chi connectivity index (χ1v) is 14.8. The number of halogens is 2. The minimum atomic E-state index is -1.43. The van der Waals surface area contributed by atoms with Crippen LogP contribution >= 0.6 is 0 Å². The lowest BCUT2D eigenvalue weighted by Crippen LogP contribution is -2.18. The molecule has 42 heavy (non-hydrogen) atoms. The fraction of sp³-hybridized carbons (Fsp3) is 0.226. The van der Waals surface area contributed by atoms with Crippen molar-refractivity contribution in [2.75, 3.05) is 22.9 Å². The molecule has 8 nitrogen and oxygen atoms in total. The van der Waals surface area contributed by atoms with Crippen LogP contribution in [0.15, 0.2) is 66.9 Å². The van der Waals surface area contributed by atoms with Gasteiger partial charge in [-0.3, -0.25) is 9.18 Å². The van der Waals surface area contributed by atoms with Crippen molar-refractivity contribution in [1.82, 2.24) is 14.8 Å². The highest BCUT2D eigenvalue weighted by atomic mass is 32.2. The number of benzene rings is 3. The molecule has 0 bridgehead atoms. The van der Waals surface area contributed by atoms with Crippen LogP contribution in [0.1, 0.15) is 53.4 Å². The van der Waals surface area contributed by atoms with Crippen LogP contribution in [0, 0.1) is 12.7 Å². The Hall–Kier alpha value is -4.35. The van der Waals surface area contributed by atoms with Crippen LogP contribution in [0.5, 0.6) is 11.5 Å². The number of carbonyl (C=O) groups excluding carboxylic acids is 1. The van der Waals surface area contributed by atoms with Gasteiger partial charge in [0.2, 0.25) is 5.78 Å². The van der Waals surface area contributed by atoms with Crippen LogP contribution in [-0.2, 0) is 11.4 Å². The van der Waals surface area contributed by atoms with Crippen LogP contribution in [0.25, 0.3) is 16.6 Å². The number of hydrogen-bond acceptors (Lipinski definition) is 6. The molecule has 0 fully saturated rings. The molecule has 0 aliphatic carbocycles. The molecular weight excluding hydrogens is 560 g/mol. The zero-order chi connectivity index (χ0) is 30.0. The number of carbonyl (C=O) groups is 1. The fourth-order valence-electron chi connectivity index (χ4n) is 4.70. The third-order valence-electron chi connectivity index (χ3n) is 6.86. The van der Waals surface area contributed by atoms with Crippen molar-refractivity contribution in [1.29, 1.82) is 0 Å². The number of ketones is 1. The van der Waals surface area contributed by atoms with Crippen molar-refractivity contribution in [3.05, 3.63) is 95.1 Å². The maximum atomic E-state index is 14.0. The maximum absolute atomic E-state index is 14.0. The summed E-state index contributed by atoms with van der Waals surface area (Å²) < 4.78 is 49.1. The van der Waals surface area contributed by atoms with Gasteiger partial charge in [0.15, 0.2) is 11.6 Å². The minimum absolute atomic E-state index is 0.114. The third-order valence-corrected chi connectivity index (χ3v) is 7.96. The SMILES string of the molecule is Cc1cc(Oc2ccccc2F)ccc1-n1ncc(C(=O)c2cc3cc(C(C)C)c(N[S+]([O-])CCCF)cc3[nH]2)c1N. The molecule has 5 aromatic rings. The smallest absolute Gasteiger partial charge is 0.214 e. The van der Waals surface area contributed by atoms with E-state index in [1.807, 2.05) is 32.9 Å². The summed E-state index contributed by atoms with van der Waals surface area (Å²) in [6.45, 7) is 5.35. The molecule has 1 atom stereocenters. The molecule has 3 aromatic carbocycles. The second kappa shape index (κ2) is 12.3. The van der Waals surface area contributed by atoms with E-state index in [4.69, 9.17) is 10.5 Å². The number of nitrogens with zero attached hydrogens (tertiary/aromatic N) is 2. The Balaban J connectivity index is 1.41. The molecule has 0 aliphatic rings. The first-order valence-electron chi connectivity index (χ1n) is 13.5. The number of fused-ring (bicyclic) bond motifs is 1. The molecule has 0 saturated carbocycles. The van der Waals surface area contributed by atoms with E-state index in [0.29, 0.717) is 28.3 Å². The Bertz CT molecular complexity index is 1750. The van der Waals surface area contributed by atoms with Crippen molar-refractivity contribution < 1.29 is 22.9 Å². The minimum Gasteiger partial charge on any atom is -0.593 e. The van der Waals surface area contributed by atoms with Gasteiger partial charge >= 0.3 is 0 Å². The van der Waals surface area contributed by atoms with Gasteiger partial charge in [0.1, 0.15) is 17.3 Å². The number of para-hydroxylation sites is 1. The maximum Gasteiger partial charge on any atom is 0.214 e. The van der Waals surface area contributed by atoms with Crippen molar-refractivity contribution >= 4 is 39.6 Å². The number of alkyl halides is 1. The first kappa shape index (κ1) is 29.2. The second-order valence-corrected chi connectivity index (χ2v) is 11.5. The largest absolute Gasteiger partial charge is 0.593 e. The van der Waals surface area contributed by atoms with Crippen molar-refractivity contribution in [2.45, 2.75) is 33.1 Å². The second-order valence-electron chi connectivity index (χ2n) is 10.2. The number of aryl methyl sites for hydroxylation is 1. The standard InChI is InChI=1S/C31H31F2N5O3S/c1-18(2)22-14-20-15-27(36-25(20)16-26(22)37-42(40)12-6-11-32)30(39)23-17-35-38(31(23)34)28-10-9-21(13-19(28)3)41-29-8-5-4-7-24(29)33/h4-5,7-10,13-18,36-37H,6,11-12,34H2,1-3H3. The van der Waals surface area contributed by atoms with Crippen LogP contribution < -0.4 is 15.2 Å². The number of hydrogen-bond donors (Lipinski definition) is 3. The molecule has 11 heteroatoms. The lowest BCUT2D eigenvalue weighted by atomic mass is 9.99. The predicted molar refractivity (Wildman–Crippen MR) is 162 cm³/mol. The normalized spacial score (nSPS) is 12.2. The fourth-order valence-corrected chi connectivity index (χ4v) is 5.59. The highest BCUT2D eigenvalue weighted by Gasteiger charge is 2.22. The zero-order valence-corrected chi connectivity index (χ0v) is 24.2. The van der Waals surface area contributed by atoms with Crippen molar-refractivity contribution in [2.24, 2.45) is 0 Å². The highest BCUT2D eigenvalue weighted by molar-refractivity contribution is 7.92. The van der Waals surface area contributed by atoms with Gasteiger partial charge in [-0.15, -0.1) is 0 Å². The van der Waals surface area contributed by atoms with E-state index in [0.717, 1.165) is 16.5 Å². The summed E-state index contributed by atoms with van der Waals surface area (Å²) in [5.41, 5.74) is 10.6. The zero-order valence-electron chi connectivity index (χ0n) is 23.4. The predicted octanol–water partition coefficient (Wildman–Crippen LogP) is 6.97. The molecule has 0 radical (unpaired) electrons. The average Bonchev–Trinajstić information content (AvgIpc) is 3.55. The highest BCUT2D eigenvalue weighted by Crippen LogP contribution is 2.33. The number of aromatic nitrogens is 3. The molecule has 0 saturated heterocycles. The van der Waals surface area contributed by atoms with E-state index in [1.54, 1.807) is 42.5 Å². The summed E-state index contributed by atoms with van der Waals surface area (Å²) in [5.74, 6) is 0.240. The van der Waals surface area contributed by atoms with Gasteiger partial charge in [-0.25, -0.2) is 13.8 Å². The number of nitrogens with two attached hydrogens (primary N) is 1. The molecule has 0 aliphatic heterocycles. The summed E-state index contributed by atoms with van der Waals surface area (Å²) in [7, 11) is 0. The number of rotatable bonds is 11. The third kappa shape index (κ3) is 5.97. The Morgan fingerprint density at radius 3 is 2.69 bits per heavy atom. The Labute approximate surface area is 245 Å². The van der Waals surface area contributed by atoms with Crippen LogP contribution in [-0.4, -0.2) is 37.5 Å². The molecule has 1 unspecified atom stereocenters. The van der Waals surface area contributed by atoms with Crippen LogP contribution in [0.3, 0.4) is 0 Å². The number of H-pyrrole nitrogens is 1. The summed E-state index contributed by atoms with van der Waals surface area (Å²) >= 11 is -1.43. The quantitative estimate of drug-likeness (QED) is 0.113. The van der Waals surface area contributed by atoms with E-state index in [9.17, 15) is 18.1 Å². The summed E-state index contributed by atoms with van der Waals surface area (Å²) in [5, 5.41) is 5.18. The van der Waals surface area contributed by atoms with Gasteiger partial charge < -0.3 is 20.0 Å². The van der Waals surface area contributed by atoms with E-state index in [1.165, 1.54) is 16.9 Å². The first-order chi connectivity index (χ1) is 20.2. The summed E-state index contributed by atoms with van der Waals surface area (Å²) in [6, 6.07) is 16.8. The van der Waals surface area contributed by atoms with Gasteiger partial charge in [-0.2, -0.15) is 5.10 Å². The molecule has 4 N–H and O–H groups in total. The molecule has 0 spiro atoms. The Kier molecular flexibility index (Phi) is 8.51. The Morgan fingerprint density at radius 2 is 1.98 bits per heavy atom. The summed E-state index contributed by atoms with van der Waals surface area (Å²) in [6.07, 6.45) is 1.63. The number of ether oxygens (including phenoxy) is 1. The van der Waals surface area contributed by atoms with Crippen molar-refractivity contribution in [3.8, 4) is 17.2 Å². The molecule has 0 amide bonds. The number of nitrogens with one attached hydrogen (secondary N) is 2. The number of nitrogen functional groups attached to an aromatic ring is 1. The van der Waals surface area contributed by atoms with Crippen LogP contribution in [0.4, 0.5) is 20.3 Å². The van der Waals surface area contributed by atoms with Gasteiger partial charge in [-0.1, -0.05) is 26.0 Å².